The summed E-state index contributed by atoms with van der Waals surface area (Å²) in [5, 5.41) is 12.3. The molecule has 0 radical (unpaired) electrons. The average molecular weight is 298 g/mol. The first-order chi connectivity index (χ1) is 10.1. The van der Waals surface area contributed by atoms with Crippen molar-refractivity contribution in [3.63, 3.8) is 0 Å². The molecular weight excluding hydrogens is 272 g/mol. The molecular formula is C15H26N2O4. The fourth-order valence-electron chi connectivity index (χ4n) is 3.16. The molecule has 2 amide bonds. The first-order valence-corrected chi connectivity index (χ1v) is 7.91. The first kappa shape index (κ1) is 16.1. The second-order valence-corrected chi connectivity index (χ2v) is 6.18. The van der Waals surface area contributed by atoms with Gasteiger partial charge in [-0.25, -0.2) is 4.79 Å². The van der Waals surface area contributed by atoms with E-state index in [4.69, 9.17) is 4.74 Å². The molecule has 2 rings (SSSR count). The van der Waals surface area contributed by atoms with E-state index in [9.17, 15) is 14.7 Å². The minimum atomic E-state index is -0.730. The lowest BCUT2D eigenvalue weighted by atomic mass is 9.76. The fourth-order valence-corrected chi connectivity index (χ4v) is 3.16. The van der Waals surface area contributed by atoms with Crippen LogP contribution in [-0.4, -0.2) is 54.9 Å². The minimum Gasteiger partial charge on any atom is -0.481 e. The molecule has 2 fully saturated rings. The predicted molar refractivity (Wildman–Crippen MR) is 78.1 cm³/mol. The molecule has 6 nitrogen and oxygen atoms in total. The molecule has 2 heterocycles. The van der Waals surface area contributed by atoms with E-state index in [1.807, 2.05) is 6.92 Å². The highest BCUT2D eigenvalue weighted by Crippen LogP contribution is 2.35. The smallest absolute Gasteiger partial charge is 0.317 e. The van der Waals surface area contributed by atoms with Gasteiger partial charge in [0.1, 0.15) is 0 Å². The van der Waals surface area contributed by atoms with Gasteiger partial charge in [-0.2, -0.15) is 0 Å². The van der Waals surface area contributed by atoms with Gasteiger partial charge in [-0.15, -0.1) is 0 Å². The Morgan fingerprint density at radius 3 is 2.62 bits per heavy atom. The quantitative estimate of drug-likeness (QED) is 0.809. The summed E-state index contributed by atoms with van der Waals surface area (Å²) in [6.07, 6.45) is 3.75. The Kier molecular flexibility index (Phi) is 5.45. The van der Waals surface area contributed by atoms with E-state index in [2.05, 4.69) is 5.32 Å². The van der Waals surface area contributed by atoms with Crippen LogP contribution in [0.1, 0.15) is 39.0 Å². The molecule has 0 saturated carbocycles. The number of rotatable bonds is 5. The van der Waals surface area contributed by atoms with E-state index in [1.165, 1.54) is 0 Å². The van der Waals surface area contributed by atoms with Crippen molar-refractivity contribution in [2.45, 2.75) is 39.0 Å². The van der Waals surface area contributed by atoms with Crippen molar-refractivity contribution in [2.75, 3.05) is 32.8 Å². The highest BCUT2D eigenvalue weighted by Gasteiger charge is 2.40. The number of piperidine rings is 1. The maximum atomic E-state index is 12.1. The van der Waals surface area contributed by atoms with Crippen molar-refractivity contribution in [3.05, 3.63) is 0 Å². The lowest BCUT2D eigenvalue weighted by molar-refractivity contribution is -0.151. The Morgan fingerprint density at radius 1 is 1.38 bits per heavy atom. The zero-order chi connectivity index (χ0) is 15.3. The van der Waals surface area contributed by atoms with Gasteiger partial charge in [0.25, 0.3) is 0 Å². The Hall–Kier alpha value is -1.30. The molecule has 0 aromatic heterocycles. The number of nitrogens with one attached hydrogen (secondary N) is 1. The van der Waals surface area contributed by atoms with Crippen LogP contribution in [0.2, 0.25) is 0 Å². The standard InChI is InChI=1S/C15H26N2O4/c1-2-15(13(18)19)5-8-17(9-6-15)14(20)16-7-3-12-4-10-21-11-12/h12H,2-11H2,1H3,(H,16,20)(H,18,19). The Labute approximate surface area is 125 Å². The highest BCUT2D eigenvalue weighted by molar-refractivity contribution is 5.77. The number of hydrogen-bond donors (Lipinski definition) is 2. The summed E-state index contributed by atoms with van der Waals surface area (Å²) in [4.78, 5) is 25.2. The second-order valence-electron chi connectivity index (χ2n) is 6.18. The van der Waals surface area contributed by atoms with Gasteiger partial charge in [0.15, 0.2) is 0 Å². The molecule has 0 aromatic rings. The van der Waals surface area contributed by atoms with E-state index in [0.29, 0.717) is 44.8 Å². The molecule has 0 aliphatic carbocycles. The van der Waals surface area contributed by atoms with Crippen molar-refractivity contribution in [1.29, 1.82) is 0 Å². The van der Waals surface area contributed by atoms with Crippen LogP contribution in [-0.2, 0) is 9.53 Å². The van der Waals surface area contributed by atoms with Crippen LogP contribution in [0.4, 0.5) is 4.79 Å². The van der Waals surface area contributed by atoms with Crippen LogP contribution in [0.15, 0.2) is 0 Å². The van der Waals surface area contributed by atoms with Crippen LogP contribution < -0.4 is 5.32 Å². The van der Waals surface area contributed by atoms with Crippen LogP contribution in [0, 0.1) is 11.3 Å². The number of likely N-dealkylation sites (tertiary alicyclic amines) is 1. The third-order valence-electron chi connectivity index (χ3n) is 4.99. The van der Waals surface area contributed by atoms with Gasteiger partial charge >= 0.3 is 12.0 Å². The molecule has 120 valence electrons. The minimum absolute atomic E-state index is 0.0657. The van der Waals surface area contributed by atoms with Crippen molar-refractivity contribution < 1.29 is 19.4 Å². The lowest BCUT2D eigenvalue weighted by Crippen LogP contribution is -2.49. The zero-order valence-electron chi connectivity index (χ0n) is 12.8. The molecule has 0 bridgehead atoms. The molecule has 0 aromatic carbocycles. The third-order valence-corrected chi connectivity index (χ3v) is 4.99. The predicted octanol–water partition coefficient (Wildman–Crippen LogP) is 1.70. The molecule has 0 spiro atoms. The van der Waals surface area contributed by atoms with E-state index >= 15 is 0 Å². The van der Waals surface area contributed by atoms with Gasteiger partial charge in [0.05, 0.1) is 5.41 Å². The topological polar surface area (TPSA) is 78.9 Å². The van der Waals surface area contributed by atoms with Gasteiger partial charge in [-0.3, -0.25) is 4.79 Å². The zero-order valence-corrected chi connectivity index (χ0v) is 12.8. The van der Waals surface area contributed by atoms with Gasteiger partial charge in [-0.05, 0) is 38.0 Å². The Morgan fingerprint density at radius 2 is 2.10 bits per heavy atom. The van der Waals surface area contributed by atoms with Gasteiger partial charge < -0.3 is 20.1 Å². The van der Waals surface area contributed by atoms with Crippen LogP contribution in [0.5, 0.6) is 0 Å². The summed E-state index contributed by atoms with van der Waals surface area (Å²) in [6.45, 7) is 5.27. The number of amides is 2. The maximum Gasteiger partial charge on any atom is 0.317 e. The van der Waals surface area contributed by atoms with Crippen LogP contribution >= 0.6 is 0 Å². The Balaban J connectivity index is 1.71. The maximum absolute atomic E-state index is 12.1. The van der Waals surface area contributed by atoms with Crippen LogP contribution in [0.3, 0.4) is 0 Å². The average Bonchev–Trinajstić information content (AvgIpc) is 3.00. The van der Waals surface area contributed by atoms with Crippen LogP contribution in [0.25, 0.3) is 0 Å². The van der Waals surface area contributed by atoms with Crippen molar-refractivity contribution in [3.8, 4) is 0 Å². The number of nitrogens with zero attached hydrogens (tertiary/aromatic N) is 1. The summed E-state index contributed by atoms with van der Waals surface area (Å²) < 4.78 is 5.31. The Bertz CT molecular complexity index is 372. The van der Waals surface area contributed by atoms with Gasteiger partial charge in [0, 0.05) is 32.8 Å². The number of urea groups is 1. The van der Waals surface area contributed by atoms with Crippen molar-refractivity contribution >= 4 is 12.0 Å². The largest absolute Gasteiger partial charge is 0.481 e. The number of aliphatic carboxylic acids is 1. The SMILES string of the molecule is CCC1(C(=O)O)CCN(C(=O)NCCC2CCOC2)CC1. The molecule has 2 aliphatic rings. The number of carboxylic acid groups (broad SMARTS) is 1. The van der Waals surface area contributed by atoms with E-state index < -0.39 is 11.4 Å². The monoisotopic (exact) mass is 298 g/mol. The molecule has 2 N–H and O–H groups in total. The molecule has 1 atom stereocenters. The number of carbonyl (C=O) groups is 2. The summed E-state index contributed by atoms with van der Waals surface area (Å²) in [5.74, 6) is -0.169. The summed E-state index contributed by atoms with van der Waals surface area (Å²) in [6, 6.07) is -0.0657. The molecule has 21 heavy (non-hydrogen) atoms. The summed E-state index contributed by atoms with van der Waals surface area (Å²) >= 11 is 0. The highest BCUT2D eigenvalue weighted by atomic mass is 16.5. The molecule has 6 heteroatoms. The molecule has 1 unspecified atom stereocenters. The second kappa shape index (κ2) is 7.11. The van der Waals surface area contributed by atoms with E-state index in [0.717, 1.165) is 26.1 Å². The van der Waals surface area contributed by atoms with E-state index in [-0.39, 0.29) is 6.03 Å². The summed E-state index contributed by atoms with van der Waals surface area (Å²) in [7, 11) is 0. The molecule has 2 saturated heterocycles. The number of carbonyl (C=O) groups excluding carboxylic acids is 1. The van der Waals surface area contributed by atoms with Gasteiger partial charge in [0.2, 0.25) is 0 Å². The van der Waals surface area contributed by atoms with Crippen molar-refractivity contribution in [2.24, 2.45) is 11.3 Å². The normalized spacial score (nSPS) is 24.8. The van der Waals surface area contributed by atoms with Gasteiger partial charge in [-0.1, -0.05) is 6.92 Å². The third kappa shape index (κ3) is 3.87. The summed E-state index contributed by atoms with van der Waals surface area (Å²) in [5.41, 5.74) is -0.641. The number of hydrogen-bond acceptors (Lipinski definition) is 3. The first-order valence-electron chi connectivity index (χ1n) is 7.91. The molecule has 2 aliphatic heterocycles. The van der Waals surface area contributed by atoms with E-state index in [1.54, 1.807) is 4.90 Å². The van der Waals surface area contributed by atoms with Crippen molar-refractivity contribution in [1.82, 2.24) is 10.2 Å². The number of ether oxygens (including phenoxy) is 1. The lowest BCUT2D eigenvalue weighted by Gasteiger charge is -2.38. The fraction of sp³-hybridized carbons (Fsp3) is 0.867. The number of carboxylic acids is 1.